The highest BCUT2D eigenvalue weighted by Gasteiger charge is 2.32. The summed E-state index contributed by atoms with van der Waals surface area (Å²) in [7, 11) is 0. The number of aromatic nitrogens is 3. The molecular formula is C25H26F3N7O4. The van der Waals surface area contributed by atoms with E-state index >= 15 is 0 Å². The largest absolute Gasteiger partial charge is 0.573 e. The maximum Gasteiger partial charge on any atom is 0.573 e. The van der Waals surface area contributed by atoms with E-state index in [0.717, 1.165) is 31.9 Å². The highest BCUT2D eigenvalue weighted by molar-refractivity contribution is 5.94. The predicted octanol–water partition coefficient (Wildman–Crippen LogP) is 4.69. The fourth-order valence-corrected chi connectivity index (χ4v) is 4.29. The number of benzene rings is 1. The van der Waals surface area contributed by atoms with Gasteiger partial charge in [0.15, 0.2) is 0 Å². The molecular weight excluding hydrogens is 519 g/mol. The Morgan fingerprint density at radius 2 is 1.85 bits per heavy atom. The summed E-state index contributed by atoms with van der Waals surface area (Å²) in [4.78, 5) is 35.3. The molecule has 1 aliphatic rings. The van der Waals surface area contributed by atoms with Crippen molar-refractivity contribution in [1.29, 1.82) is 0 Å². The topological polar surface area (TPSA) is 144 Å². The van der Waals surface area contributed by atoms with Crippen LogP contribution in [-0.2, 0) is 6.54 Å². The second-order valence-corrected chi connectivity index (χ2v) is 9.01. The number of ether oxygens (including phenoxy) is 1. The second kappa shape index (κ2) is 12.4. The van der Waals surface area contributed by atoms with Crippen molar-refractivity contribution in [2.45, 2.75) is 44.6 Å². The Kier molecular flexibility index (Phi) is 8.74. The molecule has 1 aromatic carbocycles. The van der Waals surface area contributed by atoms with Crippen LogP contribution in [0.3, 0.4) is 0 Å². The first-order valence-electron chi connectivity index (χ1n) is 12.2. The molecule has 0 atom stereocenters. The van der Waals surface area contributed by atoms with Crippen molar-refractivity contribution in [3.8, 4) is 5.75 Å². The van der Waals surface area contributed by atoms with Crippen LogP contribution in [0.25, 0.3) is 0 Å². The number of pyridine rings is 1. The van der Waals surface area contributed by atoms with Crippen LogP contribution in [0.15, 0.2) is 55.0 Å². The number of hydrogen-bond acceptors (Lipinski definition) is 9. The van der Waals surface area contributed by atoms with E-state index < -0.39 is 11.3 Å². The zero-order valence-corrected chi connectivity index (χ0v) is 20.6. The van der Waals surface area contributed by atoms with Crippen molar-refractivity contribution >= 4 is 23.4 Å². The summed E-state index contributed by atoms with van der Waals surface area (Å²) in [5, 5.41) is 20.3. The lowest BCUT2D eigenvalue weighted by molar-refractivity contribution is -0.384. The molecule has 0 unspecified atom stereocenters. The molecule has 0 radical (unpaired) electrons. The molecule has 39 heavy (non-hydrogen) atoms. The molecule has 1 aliphatic carbocycles. The number of halogens is 3. The predicted molar refractivity (Wildman–Crippen MR) is 135 cm³/mol. The van der Waals surface area contributed by atoms with Gasteiger partial charge in [-0.25, -0.2) is 4.98 Å². The van der Waals surface area contributed by atoms with Crippen LogP contribution < -0.4 is 20.7 Å². The van der Waals surface area contributed by atoms with E-state index in [4.69, 9.17) is 0 Å². The third-order valence-corrected chi connectivity index (χ3v) is 6.27. The Bertz CT molecular complexity index is 1290. The minimum atomic E-state index is -4.85. The molecule has 4 rings (SSSR count). The monoisotopic (exact) mass is 545 g/mol. The van der Waals surface area contributed by atoms with Crippen LogP contribution in [0.2, 0.25) is 0 Å². The van der Waals surface area contributed by atoms with E-state index in [9.17, 15) is 28.1 Å². The Labute approximate surface area is 221 Å². The van der Waals surface area contributed by atoms with Crippen LogP contribution in [0.1, 0.15) is 41.6 Å². The van der Waals surface area contributed by atoms with Gasteiger partial charge in [-0.15, -0.1) is 13.2 Å². The smallest absolute Gasteiger partial charge is 0.405 e. The minimum Gasteiger partial charge on any atom is -0.405 e. The van der Waals surface area contributed by atoms with Crippen LogP contribution in [0.5, 0.6) is 5.75 Å². The van der Waals surface area contributed by atoms with E-state index in [1.54, 1.807) is 24.4 Å². The molecule has 14 heteroatoms. The molecule has 206 valence electrons. The Hall–Kier alpha value is -4.49. The van der Waals surface area contributed by atoms with Crippen molar-refractivity contribution in [1.82, 2.24) is 20.3 Å². The number of rotatable bonds is 10. The normalized spacial score (nSPS) is 17.2. The lowest BCUT2D eigenvalue weighted by Crippen LogP contribution is -2.38. The number of anilines is 2. The first kappa shape index (κ1) is 27.5. The number of alkyl halides is 3. The van der Waals surface area contributed by atoms with Gasteiger partial charge in [0.25, 0.3) is 5.91 Å². The lowest BCUT2D eigenvalue weighted by Gasteiger charge is -2.29. The average Bonchev–Trinajstić information content (AvgIpc) is 2.91. The second-order valence-electron chi connectivity index (χ2n) is 9.01. The SMILES string of the molecule is O=C(N[C@H]1CC[C@H](CNc2nc(NCc3ccccc3OC(F)(F)F)ncc2[N+](=O)[O-])CC1)c1cccnc1. The molecule has 2 heterocycles. The molecule has 1 saturated carbocycles. The lowest BCUT2D eigenvalue weighted by atomic mass is 9.86. The molecule has 0 aliphatic heterocycles. The van der Waals surface area contributed by atoms with Gasteiger partial charge in [-0.05, 0) is 49.8 Å². The van der Waals surface area contributed by atoms with Crippen molar-refractivity contribution < 1.29 is 27.6 Å². The molecule has 1 fully saturated rings. The van der Waals surface area contributed by atoms with E-state index in [-0.39, 0.29) is 53.2 Å². The Balaban J connectivity index is 1.32. The average molecular weight is 546 g/mol. The van der Waals surface area contributed by atoms with Gasteiger partial charge in [0, 0.05) is 37.1 Å². The van der Waals surface area contributed by atoms with Crippen molar-refractivity contribution in [3.05, 3.63) is 76.2 Å². The summed E-state index contributed by atoms with van der Waals surface area (Å²) in [6.45, 7) is 0.321. The highest BCUT2D eigenvalue weighted by atomic mass is 19.4. The van der Waals surface area contributed by atoms with Gasteiger partial charge in [0.2, 0.25) is 11.8 Å². The van der Waals surface area contributed by atoms with Crippen LogP contribution >= 0.6 is 0 Å². The van der Waals surface area contributed by atoms with E-state index in [2.05, 4.69) is 35.6 Å². The van der Waals surface area contributed by atoms with Crippen LogP contribution in [0, 0.1) is 16.0 Å². The summed E-state index contributed by atoms with van der Waals surface area (Å²) in [5.74, 6) is -0.330. The number of amides is 1. The van der Waals surface area contributed by atoms with Gasteiger partial charge in [-0.3, -0.25) is 19.9 Å². The molecule has 1 amide bonds. The zero-order valence-electron chi connectivity index (χ0n) is 20.6. The van der Waals surface area contributed by atoms with Crippen molar-refractivity contribution in [3.63, 3.8) is 0 Å². The molecule has 0 saturated heterocycles. The summed E-state index contributed by atoms with van der Waals surface area (Å²) in [6.07, 6.45) is 2.42. The van der Waals surface area contributed by atoms with Gasteiger partial charge in [-0.1, -0.05) is 18.2 Å². The number of para-hydroxylation sites is 1. The summed E-state index contributed by atoms with van der Waals surface area (Å²) in [6, 6.07) is 9.04. The zero-order chi connectivity index (χ0) is 27.8. The van der Waals surface area contributed by atoms with Crippen molar-refractivity contribution in [2.75, 3.05) is 17.2 Å². The first-order valence-corrected chi connectivity index (χ1v) is 12.2. The third-order valence-electron chi connectivity index (χ3n) is 6.27. The van der Waals surface area contributed by atoms with Crippen LogP contribution in [-0.4, -0.2) is 44.7 Å². The molecule has 2 aromatic heterocycles. The first-order chi connectivity index (χ1) is 18.7. The van der Waals surface area contributed by atoms with Crippen molar-refractivity contribution in [2.24, 2.45) is 5.92 Å². The van der Waals surface area contributed by atoms with E-state index in [1.165, 1.54) is 24.4 Å². The fraction of sp³-hybridized carbons (Fsp3) is 0.360. The Morgan fingerprint density at radius 1 is 1.08 bits per heavy atom. The molecule has 0 spiro atoms. The minimum absolute atomic E-state index is 0.00401. The quantitative estimate of drug-likeness (QED) is 0.244. The summed E-state index contributed by atoms with van der Waals surface area (Å²) in [5.41, 5.74) is 0.385. The van der Waals surface area contributed by atoms with Gasteiger partial charge >= 0.3 is 12.0 Å². The molecule has 0 bridgehead atoms. The number of carbonyl (C=O) groups is 1. The van der Waals surface area contributed by atoms with Gasteiger partial charge < -0.3 is 20.7 Å². The van der Waals surface area contributed by atoms with E-state index in [0.29, 0.717) is 12.1 Å². The molecule has 11 nitrogen and oxygen atoms in total. The number of carbonyl (C=O) groups excluding carboxylic acids is 1. The van der Waals surface area contributed by atoms with E-state index in [1.807, 2.05) is 0 Å². The molecule has 3 N–H and O–H groups in total. The summed E-state index contributed by atoms with van der Waals surface area (Å²) < 4.78 is 42.1. The van der Waals surface area contributed by atoms with Gasteiger partial charge in [0.05, 0.1) is 10.5 Å². The maximum atomic E-state index is 12.7. The van der Waals surface area contributed by atoms with Crippen LogP contribution in [0.4, 0.5) is 30.6 Å². The Morgan fingerprint density at radius 3 is 2.54 bits per heavy atom. The fourth-order valence-electron chi connectivity index (χ4n) is 4.29. The number of nitrogens with one attached hydrogen (secondary N) is 3. The standard InChI is InChI=1S/C25H26F3N7O4/c26-25(27,28)39-21-6-2-1-4-17(21)14-31-24-32-15-20(35(37)38)22(34-24)30-12-16-7-9-19(10-8-16)33-23(36)18-5-3-11-29-13-18/h1-6,11,13,15-16,19H,7-10,12,14H2,(H,33,36)(H2,30,31,32,34)/t16-,19-. The maximum absolute atomic E-state index is 12.7. The number of nitro groups is 1. The summed E-state index contributed by atoms with van der Waals surface area (Å²) >= 11 is 0. The van der Waals surface area contributed by atoms with Gasteiger partial charge in [0.1, 0.15) is 11.9 Å². The third kappa shape index (κ3) is 7.99. The van der Waals surface area contributed by atoms with Gasteiger partial charge in [-0.2, -0.15) is 4.98 Å². The number of nitrogens with zero attached hydrogens (tertiary/aromatic N) is 4. The molecule has 3 aromatic rings. The highest BCUT2D eigenvalue weighted by Crippen LogP contribution is 2.29. The number of hydrogen-bond donors (Lipinski definition) is 3.